The summed E-state index contributed by atoms with van der Waals surface area (Å²) in [6, 6.07) is 11.6. The molecule has 0 amide bonds. The Balaban J connectivity index is 0.000000148. The lowest BCUT2D eigenvalue weighted by atomic mass is 9.92. The molecule has 0 saturated carbocycles. The minimum absolute atomic E-state index is 0.140. The van der Waals surface area contributed by atoms with Gasteiger partial charge in [0.05, 0.1) is 19.1 Å². The standard InChI is InChI=1S/C9H13NO.C7H8O/c1-4-10-5-2-8(1)9-3-6-11-7-9;8-6-7-4-2-1-3-5-7/h3,6-8,10H,1-2,4-5H2;1-5,8H,6H2. The molecule has 2 heterocycles. The van der Waals surface area contributed by atoms with Crippen molar-refractivity contribution in [2.45, 2.75) is 25.4 Å². The van der Waals surface area contributed by atoms with E-state index in [2.05, 4.69) is 11.4 Å². The number of aliphatic hydroxyl groups is 1. The molecule has 1 aliphatic rings. The zero-order valence-corrected chi connectivity index (χ0v) is 11.1. The summed E-state index contributed by atoms with van der Waals surface area (Å²) in [5.41, 5.74) is 2.33. The zero-order chi connectivity index (χ0) is 13.3. The first-order chi connectivity index (χ1) is 9.40. The third-order valence-corrected chi connectivity index (χ3v) is 3.38. The Morgan fingerprint density at radius 1 is 1.11 bits per heavy atom. The normalized spacial score (nSPS) is 15.6. The Bertz CT molecular complexity index is 433. The predicted molar refractivity (Wildman–Crippen MR) is 75.9 cm³/mol. The molecule has 3 rings (SSSR count). The molecule has 0 bridgehead atoms. The molecule has 2 N–H and O–H groups in total. The van der Waals surface area contributed by atoms with Gasteiger partial charge in [0, 0.05) is 0 Å². The number of furan rings is 1. The van der Waals surface area contributed by atoms with Gasteiger partial charge >= 0.3 is 0 Å². The van der Waals surface area contributed by atoms with Crippen molar-refractivity contribution in [1.29, 1.82) is 0 Å². The molecule has 19 heavy (non-hydrogen) atoms. The maximum absolute atomic E-state index is 8.54. The van der Waals surface area contributed by atoms with Crippen LogP contribution >= 0.6 is 0 Å². The molecule has 0 atom stereocenters. The molecule has 1 aliphatic heterocycles. The van der Waals surface area contributed by atoms with Crippen molar-refractivity contribution in [1.82, 2.24) is 5.32 Å². The number of aliphatic hydroxyl groups excluding tert-OH is 1. The summed E-state index contributed by atoms with van der Waals surface area (Å²) in [6.45, 7) is 2.44. The van der Waals surface area contributed by atoms with E-state index < -0.39 is 0 Å². The Morgan fingerprint density at radius 2 is 1.84 bits per heavy atom. The molecule has 1 fully saturated rings. The fourth-order valence-electron chi connectivity index (χ4n) is 2.25. The lowest BCUT2D eigenvalue weighted by Crippen LogP contribution is -2.26. The van der Waals surface area contributed by atoms with Crippen molar-refractivity contribution in [3.63, 3.8) is 0 Å². The Morgan fingerprint density at radius 3 is 2.37 bits per heavy atom. The number of piperidine rings is 1. The van der Waals surface area contributed by atoms with Crippen LogP contribution in [0.3, 0.4) is 0 Å². The molecule has 102 valence electrons. The van der Waals surface area contributed by atoms with Crippen molar-refractivity contribution in [3.05, 3.63) is 60.1 Å². The van der Waals surface area contributed by atoms with Gasteiger partial charge in [-0.05, 0) is 49.0 Å². The molecule has 0 radical (unpaired) electrons. The van der Waals surface area contributed by atoms with Crippen molar-refractivity contribution >= 4 is 0 Å². The monoisotopic (exact) mass is 259 g/mol. The summed E-state index contributed by atoms with van der Waals surface area (Å²) >= 11 is 0. The van der Waals surface area contributed by atoms with E-state index in [-0.39, 0.29) is 6.61 Å². The SMILES string of the molecule is OCc1ccccc1.c1cc(C2CCNCC2)co1. The van der Waals surface area contributed by atoms with Crippen molar-refractivity contribution in [3.8, 4) is 0 Å². The van der Waals surface area contributed by atoms with E-state index in [0.717, 1.165) is 24.6 Å². The van der Waals surface area contributed by atoms with Gasteiger partial charge < -0.3 is 14.8 Å². The fraction of sp³-hybridized carbons (Fsp3) is 0.375. The van der Waals surface area contributed by atoms with E-state index in [1.54, 1.807) is 6.26 Å². The minimum Gasteiger partial charge on any atom is -0.472 e. The van der Waals surface area contributed by atoms with Gasteiger partial charge in [0.25, 0.3) is 0 Å². The van der Waals surface area contributed by atoms with Gasteiger partial charge in [-0.15, -0.1) is 0 Å². The van der Waals surface area contributed by atoms with Gasteiger partial charge in [-0.25, -0.2) is 0 Å². The van der Waals surface area contributed by atoms with Crippen LogP contribution in [0.4, 0.5) is 0 Å². The van der Waals surface area contributed by atoms with Gasteiger partial charge in [0.2, 0.25) is 0 Å². The van der Waals surface area contributed by atoms with Crippen molar-refractivity contribution in [2.75, 3.05) is 13.1 Å². The highest BCUT2D eigenvalue weighted by atomic mass is 16.3. The molecule has 2 aromatic rings. The van der Waals surface area contributed by atoms with Crippen LogP contribution in [0.1, 0.15) is 29.9 Å². The average Bonchev–Trinajstić information content (AvgIpc) is 3.04. The summed E-state index contributed by atoms with van der Waals surface area (Å²) in [4.78, 5) is 0. The first-order valence-electron chi connectivity index (χ1n) is 6.77. The van der Waals surface area contributed by atoms with E-state index in [4.69, 9.17) is 9.52 Å². The van der Waals surface area contributed by atoms with Crippen LogP contribution in [0, 0.1) is 0 Å². The first kappa shape index (κ1) is 13.8. The Kier molecular flexibility index (Phi) is 5.66. The molecular weight excluding hydrogens is 238 g/mol. The highest BCUT2D eigenvalue weighted by Crippen LogP contribution is 2.24. The van der Waals surface area contributed by atoms with Crippen LogP contribution in [0.5, 0.6) is 0 Å². The number of nitrogens with one attached hydrogen (secondary N) is 1. The predicted octanol–water partition coefficient (Wildman–Crippen LogP) is 2.93. The molecule has 1 aromatic carbocycles. The highest BCUT2D eigenvalue weighted by Gasteiger charge is 2.15. The van der Waals surface area contributed by atoms with Crippen molar-refractivity contribution in [2.24, 2.45) is 0 Å². The van der Waals surface area contributed by atoms with Crippen molar-refractivity contribution < 1.29 is 9.52 Å². The maximum Gasteiger partial charge on any atom is 0.0937 e. The Labute approximate surface area is 114 Å². The molecule has 1 saturated heterocycles. The average molecular weight is 259 g/mol. The van der Waals surface area contributed by atoms with E-state index in [9.17, 15) is 0 Å². The molecule has 3 nitrogen and oxygen atoms in total. The van der Waals surface area contributed by atoms with Crippen LogP contribution < -0.4 is 5.32 Å². The number of rotatable bonds is 2. The van der Waals surface area contributed by atoms with E-state index in [1.165, 1.54) is 18.4 Å². The van der Waals surface area contributed by atoms with Gasteiger partial charge in [-0.2, -0.15) is 0 Å². The molecular formula is C16H21NO2. The zero-order valence-electron chi connectivity index (χ0n) is 11.1. The number of hydrogen-bond acceptors (Lipinski definition) is 3. The lowest BCUT2D eigenvalue weighted by Gasteiger charge is -2.20. The highest BCUT2D eigenvalue weighted by molar-refractivity contribution is 5.13. The first-order valence-corrected chi connectivity index (χ1v) is 6.77. The van der Waals surface area contributed by atoms with Gasteiger partial charge in [-0.3, -0.25) is 0 Å². The number of benzene rings is 1. The van der Waals surface area contributed by atoms with Gasteiger partial charge in [0.1, 0.15) is 0 Å². The summed E-state index contributed by atoms with van der Waals surface area (Å²) < 4.78 is 5.05. The van der Waals surface area contributed by atoms with Gasteiger partial charge in [0.15, 0.2) is 0 Å². The van der Waals surface area contributed by atoms with E-state index in [0.29, 0.717) is 0 Å². The maximum atomic E-state index is 8.54. The van der Waals surface area contributed by atoms with E-state index in [1.807, 2.05) is 36.6 Å². The second kappa shape index (κ2) is 7.77. The molecule has 0 aliphatic carbocycles. The summed E-state index contributed by atoms with van der Waals surface area (Å²) in [5.74, 6) is 0.731. The van der Waals surface area contributed by atoms with E-state index >= 15 is 0 Å². The summed E-state index contributed by atoms with van der Waals surface area (Å²) in [5, 5.41) is 11.9. The second-order valence-corrected chi connectivity index (χ2v) is 4.72. The molecule has 1 aromatic heterocycles. The van der Waals surface area contributed by atoms with Crippen LogP contribution in [0.25, 0.3) is 0 Å². The van der Waals surface area contributed by atoms with Crippen LogP contribution in [0.2, 0.25) is 0 Å². The van der Waals surface area contributed by atoms with Crippen LogP contribution in [-0.2, 0) is 6.61 Å². The number of hydrogen-bond donors (Lipinski definition) is 2. The lowest BCUT2D eigenvalue weighted by molar-refractivity contribution is 0.282. The third-order valence-electron chi connectivity index (χ3n) is 3.38. The quantitative estimate of drug-likeness (QED) is 0.871. The minimum atomic E-state index is 0.140. The van der Waals surface area contributed by atoms with Gasteiger partial charge in [-0.1, -0.05) is 30.3 Å². The smallest absolute Gasteiger partial charge is 0.0937 e. The third kappa shape index (κ3) is 4.54. The topological polar surface area (TPSA) is 45.4 Å². The molecule has 0 spiro atoms. The largest absolute Gasteiger partial charge is 0.472 e. The molecule has 0 unspecified atom stereocenters. The molecule has 3 heteroatoms. The van der Waals surface area contributed by atoms with Crippen LogP contribution in [0.15, 0.2) is 53.3 Å². The second-order valence-electron chi connectivity index (χ2n) is 4.72. The van der Waals surface area contributed by atoms with Crippen LogP contribution in [-0.4, -0.2) is 18.2 Å². The Hall–Kier alpha value is -1.58. The summed E-state index contributed by atoms with van der Waals surface area (Å²) in [7, 11) is 0. The fourth-order valence-corrected chi connectivity index (χ4v) is 2.25. The summed E-state index contributed by atoms with van der Waals surface area (Å²) in [6.07, 6.45) is 6.13.